The molecule has 154 valence electrons. The molecule has 0 aliphatic carbocycles. The first-order valence-electron chi connectivity index (χ1n) is 9.47. The number of rotatable bonds is 10. The number of nitrogens with zero attached hydrogens (tertiary/aromatic N) is 2. The molecule has 1 aromatic heterocycles. The molecule has 0 amide bonds. The molecular formula is C21H26N4O4. The van der Waals surface area contributed by atoms with Crippen molar-refractivity contribution in [3.63, 3.8) is 0 Å². The van der Waals surface area contributed by atoms with E-state index in [4.69, 9.17) is 24.7 Å². The molecule has 0 fully saturated rings. The van der Waals surface area contributed by atoms with Gasteiger partial charge in [-0.1, -0.05) is 6.07 Å². The van der Waals surface area contributed by atoms with Crippen molar-refractivity contribution in [2.24, 2.45) is 5.73 Å². The summed E-state index contributed by atoms with van der Waals surface area (Å²) in [5.74, 6) is 3.88. The quantitative estimate of drug-likeness (QED) is 0.540. The van der Waals surface area contributed by atoms with Gasteiger partial charge in [-0.05, 0) is 55.8 Å². The largest absolute Gasteiger partial charge is 0.497 e. The van der Waals surface area contributed by atoms with Crippen LogP contribution < -0.4 is 24.7 Å². The Kier molecular flexibility index (Phi) is 6.91. The first-order valence-corrected chi connectivity index (χ1v) is 9.47. The van der Waals surface area contributed by atoms with E-state index >= 15 is 0 Å². The van der Waals surface area contributed by atoms with Crippen molar-refractivity contribution >= 4 is 0 Å². The minimum absolute atomic E-state index is 0.250. The molecule has 0 aliphatic rings. The van der Waals surface area contributed by atoms with Gasteiger partial charge in [0.15, 0.2) is 23.1 Å². The van der Waals surface area contributed by atoms with Crippen molar-refractivity contribution in [1.82, 2.24) is 15.2 Å². The molecule has 2 aromatic carbocycles. The lowest BCUT2D eigenvalue weighted by Crippen LogP contribution is -2.14. The van der Waals surface area contributed by atoms with Gasteiger partial charge in [-0.3, -0.25) is 5.10 Å². The highest BCUT2D eigenvalue weighted by atomic mass is 16.5. The Balaban J connectivity index is 1.68. The maximum atomic E-state index is 6.36. The number of ether oxygens (including phenoxy) is 4. The van der Waals surface area contributed by atoms with Gasteiger partial charge in [0.1, 0.15) is 18.1 Å². The molecule has 1 atom stereocenters. The van der Waals surface area contributed by atoms with Gasteiger partial charge in [-0.2, -0.15) is 5.10 Å². The van der Waals surface area contributed by atoms with E-state index in [-0.39, 0.29) is 6.61 Å². The Hall–Kier alpha value is -3.26. The zero-order valence-electron chi connectivity index (χ0n) is 16.8. The second-order valence-electron chi connectivity index (χ2n) is 6.15. The van der Waals surface area contributed by atoms with E-state index in [0.717, 1.165) is 11.3 Å². The van der Waals surface area contributed by atoms with Crippen molar-refractivity contribution in [3.8, 4) is 23.0 Å². The Morgan fingerprint density at radius 1 is 0.931 bits per heavy atom. The van der Waals surface area contributed by atoms with E-state index in [1.165, 1.54) is 0 Å². The highest BCUT2D eigenvalue weighted by molar-refractivity contribution is 5.45. The van der Waals surface area contributed by atoms with E-state index in [1.807, 2.05) is 56.3 Å². The zero-order chi connectivity index (χ0) is 20.6. The SMILES string of the molecule is CCOc1ccc([C@H](N)c2n[nH]c(COc3ccc(OC)cc3)n2)cc1OCC. The predicted octanol–water partition coefficient (Wildman–Crippen LogP) is 3.24. The summed E-state index contributed by atoms with van der Waals surface area (Å²) in [6.45, 7) is 5.20. The third kappa shape index (κ3) is 5.17. The second-order valence-corrected chi connectivity index (χ2v) is 6.15. The molecule has 0 unspecified atom stereocenters. The Morgan fingerprint density at radius 2 is 1.62 bits per heavy atom. The molecule has 0 saturated carbocycles. The fraction of sp³-hybridized carbons (Fsp3) is 0.333. The van der Waals surface area contributed by atoms with Crippen molar-refractivity contribution in [1.29, 1.82) is 0 Å². The van der Waals surface area contributed by atoms with Crippen LogP contribution in [0.2, 0.25) is 0 Å². The number of aromatic nitrogens is 3. The van der Waals surface area contributed by atoms with Crippen LogP contribution in [-0.4, -0.2) is 35.5 Å². The third-order valence-corrected chi connectivity index (χ3v) is 4.19. The van der Waals surface area contributed by atoms with Crippen LogP contribution in [0, 0.1) is 0 Å². The van der Waals surface area contributed by atoms with Gasteiger partial charge in [-0.15, -0.1) is 0 Å². The molecule has 0 bridgehead atoms. The van der Waals surface area contributed by atoms with Crippen LogP contribution >= 0.6 is 0 Å². The predicted molar refractivity (Wildman–Crippen MR) is 109 cm³/mol. The molecule has 3 aromatic rings. The fourth-order valence-electron chi connectivity index (χ4n) is 2.75. The van der Waals surface area contributed by atoms with E-state index < -0.39 is 6.04 Å². The van der Waals surface area contributed by atoms with Gasteiger partial charge < -0.3 is 24.7 Å². The van der Waals surface area contributed by atoms with Gasteiger partial charge in [-0.25, -0.2) is 4.98 Å². The van der Waals surface area contributed by atoms with Crippen LogP contribution in [0.3, 0.4) is 0 Å². The lowest BCUT2D eigenvalue weighted by molar-refractivity contribution is 0.287. The first-order chi connectivity index (χ1) is 14.1. The Bertz CT molecular complexity index is 911. The smallest absolute Gasteiger partial charge is 0.172 e. The number of hydrogen-bond acceptors (Lipinski definition) is 7. The van der Waals surface area contributed by atoms with Crippen molar-refractivity contribution < 1.29 is 18.9 Å². The normalized spacial score (nSPS) is 11.7. The van der Waals surface area contributed by atoms with Crippen molar-refractivity contribution in [3.05, 3.63) is 59.7 Å². The summed E-state index contributed by atoms with van der Waals surface area (Å²) >= 11 is 0. The number of methoxy groups -OCH3 is 1. The van der Waals surface area contributed by atoms with E-state index in [0.29, 0.717) is 42.1 Å². The summed E-state index contributed by atoms with van der Waals surface area (Å²) in [4.78, 5) is 4.46. The molecule has 3 rings (SSSR count). The number of H-pyrrole nitrogens is 1. The summed E-state index contributed by atoms with van der Waals surface area (Å²) in [6, 6.07) is 12.4. The van der Waals surface area contributed by atoms with Crippen molar-refractivity contribution in [2.75, 3.05) is 20.3 Å². The summed E-state index contributed by atoms with van der Waals surface area (Å²) in [5, 5.41) is 7.11. The fourth-order valence-corrected chi connectivity index (χ4v) is 2.75. The maximum Gasteiger partial charge on any atom is 0.172 e. The maximum absolute atomic E-state index is 6.36. The molecule has 1 heterocycles. The molecule has 0 radical (unpaired) electrons. The zero-order valence-corrected chi connectivity index (χ0v) is 16.8. The number of nitrogens with one attached hydrogen (secondary N) is 1. The summed E-state index contributed by atoms with van der Waals surface area (Å²) < 4.78 is 22.1. The van der Waals surface area contributed by atoms with Crippen LogP contribution in [0.25, 0.3) is 0 Å². The van der Waals surface area contributed by atoms with Crippen molar-refractivity contribution in [2.45, 2.75) is 26.5 Å². The Morgan fingerprint density at radius 3 is 2.31 bits per heavy atom. The lowest BCUT2D eigenvalue weighted by Gasteiger charge is -2.14. The standard InChI is InChI=1S/C21H26N4O4/c1-4-27-17-11-6-14(12-18(17)28-5-2)20(22)21-23-19(24-25-21)13-29-16-9-7-15(26-3)8-10-16/h6-12,20H,4-5,13,22H2,1-3H3,(H,23,24,25)/t20-/m0/s1. The number of aromatic amines is 1. The number of benzene rings is 2. The number of hydrogen-bond donors (Lipinski definition) is 2. The average Bonchev–Trinajstić information content (AvgIpc) is 3.23. The summed E-state index contributed by atoms with van der Waals surface area (Å²) in [5.41, 5.74) is 7.19. The van der Waals surface area contributed by atoms with E-state index in [1.54, 1.807) is 7.11 Å². The first kappa shape index (κ1) is 20.5. The molecular weight excluding hydrogens is 372 g/mol. The molecule has 8 nitrogen and oxygen atoms in total. The average molecular weight is 398 g/mol. The van der Waals surface area contributed by atoms with Crippen LogP contribution in [0.4, 0.5) is 0 Å². The highest BCUT2D eigenvalue weighted by Crippen LogP contribution is 2.31. The minimum atomic E-state index is -0.504. The monoisotopic (exact) mass is 398 g/mol. The second kappa shape index (κ2) is 9.79. The number of nitrogens with two attached hydrogens (primary N) is 1. The molecule has 0 saturated heterocycles. The third-order valence-electron chi connectivity index (χ3n) is 4.19. The molecule has 8 heteroatoms. The van der Waals surface area contributed by atoms with Crippen LogP contribution in [-0.2, 0) is 6.61 Å². The summed E-state index contributed by atoms with van der Waals surface area (Å²) in [6.07, 6.45) is 0. The van der Waals surface area contributed by atoms with Crippen LogP contribution in [0.1, 0.15) is 37.1 Å². The molecule has 0 aliphatic heterocycles. The molecule has 29 heavy (non-hydrogen) atoms. The van der Waals surface area contributed by atoms with E-state index in [9.17, 15) is 0 Å². The topological polar surface area (TPSA) is 105 Å². The van der Waals surface area contributed by atoms with Gasteiger partial charge in [0, 0.05) is 0 Å². The van der Waals surface area contributed by atoms with Gasteiger partial charge in [0.2, 0.25) is 0 Å². The minimum Gasteiger partial charge on any atom is -0.497 e. The highest BCUT2D eigenvalue weighted by Gasteiger charge is 2.17. The van der Waals surface area contributed by atoms with Crippen LogP contribution in [0.15, 0.2) is 42.5 Å². The Labute approximate surface area is 170 Å². The van der Waals surface area contributed by atoms with Gasteiger partial charge in [0.05, 0.1) is 26.4 Å². The lowest BCUT2D eigenvalue weighted by atomic mass is 10.1. The van der Waals surface area contributed by atoms with Gasteiger partial charge in [0.25, 0.3) is 0 Å². The summed E-state index contributed by atoms with van der Waals surface area (Å²) in [7, 11) is 1.62. The molecule has 0 spiro atoms. The van der Waals surface area contributed by atoms with E-state index in [2.05, 4.69) is 15.2 Å². The van der Waals surface area contributed by atoms with Crippen LogP contribution in [0.5, 0.6) is 23.0 Å². The van der Waals surface area contributed by atoms with Gasteiger partial charge >= 0.3 is 0 Å². The molecule has 3 N–H and O–H groups in total.